The molecule has 1 aromatic carbocycles. The van der Waals surface area contributed by atoms with Crippen LogP contribution in [0.25, 0.3) is 0 Å². The molecule has 1 N–H and O–H groups in total. The molecule has 0 saturated heterocycles. The zero-order valence-electron chi connectivity index (χ0n) is 11.1. The predicted octanol–water partition coefficient (Wildman–Crippen LogP) is 2.62. The first-order valence-electron chi connectivity index (χ1n) is 6.56. The highest BCUT2D eigenvalue weighted by atomic mass is 15.3. The Balaban J connectivity index is 1.79. The molecule has 0 radical (unpaired) electrons. The Morgan fingerprint density at radius 1 is 1.22 bits per heavy atom. The molecule has 0 fully saturated rings. The van der Waals surface area contributed by atoms with Crippen LogP contribution >= 0.6 is 0 Å². The fourth-order valence-electron chi connectivity index (χ4n) is 1.94. The van der Waals surface area contributed by atoms with Gasteiger partial charge >= 0.3 is 0 Å². The molecule has 3 heteroatoms. The third-order valence-corrected chi connectivity index (χ3v) is 3.11. The van der Waals surface area contributed by atoms with Gasteiger partial charge in [-0.2, -0.15) is 5.10 Å². The SMILES string of the molecule is CCc1ccc(CNC(C)Cn2cccn2)cc1. The van der Waals surface area contributed by atoms with Crippen LogP contribution < -0.4 is 5.32 Å². The van der Waals surface area contributed by atoms with Gasteiger partial charge in [-0.25, -0.2) is 0 Å². The standard InChI is InChI=1S/C15H21N3/c1-3-14-5-7-15(8-6-14)11-16-13(2)12-18-10-4-9-17-18/h4-10,13,16H,3,11-12H2,1-2H3. The summed E-state index contributed by atoms with van der Waals surface area (Å²) < 4.78 is 1.96. The van der Waals surface area contributed by atoms with Crippen molar-refractivity contribution in [1.29, 1.82) is 0 Å². The first-order chi connectivity index (χ1) is 8.78. The van der Waals surface area contributed by atoms with Crippen LogP contribution in [0.2, 0.25) is 0 Å². The van der Waals surface area contributed by atoms with Gasteiger partial charge in [-0.05, 0) is 30.5 Å². The van der Waals surface area contributed by atoms with Gasteiger partial charge in [0.05, 0.1) is 6.54 Å². The van der Waals surface area contributed by atoms with Crippen molar-refractivity contribution < 1.29 is 0 Å². The molecule has 1 atom stereocenters. The Kier molecular flexibility index (Phi) is 4.53. The molecule has 1 heterocycles. The Labute approximate surface area is 109 Å². The van der Waals surface area contributed by atoms with Crippen LogP contribution in [0, 0.1) is 0 Å². The molecule has 0 spiro atoms. The van der Waals surface area contributed by atoms with Gasteiger partial charge in [0.1, 0.15) is 0 Å². The highest BCUT2D eigenvalue weighted by Crippen LogP contribution is 2.05. The smallest absolute Gasteiger partial charge is 0.0560 e. The number of nitrogens with zero attached hydrogens (tertiary/aromatic N) is 2. The van der Waals surface area contributed by atoms with Crippen LogP contribution in [0.5, 0.6) is 0 Å². The highest BCUT2D eigenvalue weighted by Gasteiger charge is 2.02. The minimum Gasteiger partial charge on any atom is -0.308 e. The number of aryl methyl sites for hydroxylation is 1. The molecule has 0 saturated carbocycles. The molecule has 2 rings (SSSR count). The fourth-order valence-corrected chi connectivity index (χ4v) is 1.94. The van der Waals surface area contributed by atoms with Crippen molar-refractivity contribution in [3.63, 3.8) is 0 Å². The second-order valence-corrected chi connectivity index (χ2v) is 4.68. The summed E-state index contributed by atoms with van der Waals surface area (Å²) in [4.78, 5) is 0. The molecule has 1 aromatic heterocycles. The van der Waals surface area contributed by atoms with Crippen LogP contribution in [-0.2, 0) is 19.5 Å². The maximum atomic E-state index is 4.21. The van der Waals surface area contributed by atoms with Crippen molar-refractivity contribution >= 4 is 0 Å². The van der Waals surface area contributed by atoms with Crippen LogP contribution in [0.1, 0.15) is 25.0 Å². The van der Waals surface area contributed by atoms with Crippen LogP contribution in [0.15, 0.2) is 42.7 Å². The lowest BCUT2D eigenvalue weighted by Crippen LogP contribution is -2.30. The summed E-state index contributed by atoms with van der Waals surface area (Å²) in [5.41, 5.74) is 2.72. The van der Waals surface area contributed by atoms with E-state index in [-0.39, 0.29) is 0 Å². The van der Waals surface area contributed by atoms with Crippen molar-refractivity contribution in [3.8, 4) is 0 Å². The topological polar surface area (TPSA) is 29.9 Å². The Bertz CT molecular complexity index is 445. The van der Waals surface area contributed by atoms with Gasteiger partial charge < -0.3 is 5.32 Å². The first kappa shape index (κ1) is 12.8. The Morgan fingerprint density at radius 2 is 1.94 bits per heavy atom. The van der Waals surface area contributed by atoms with Gasteiger partial charge in [-0.3, -0.25) is 4.68 Å². The molecule has 0 aliphatic carbocycles. The molecule has 3 nitrogen and oxygen atoms in total. The van der Waals surface area contributed by atoms with E-state index in [0.29, 0.717) is 6.04 Å². The zero-order chi connectivity index (χ0) is 12.8. The van der Waals surface area contributed by atoms with E-state index in [1.54, 1.807) is 0 Å². The van der Waals surface area contributed by atoms with Crippen LogP contribution in [0.4, 0.5) is 0 Å². The number of hydrogen-bond acceptors (Lipinski definition) is 2. The monoisotopic (exact) mass is 243 g/mol. The van der Waals surface area contributed by atoms with Crippen LogP contribution in [-0.4, -0.2) is 15.8 Å². The third-order valence-electron chi connectivity index (χ3n) is 3.11. The molecule has 0 amide bonds. The quantitative estimate of drug-likeness (QED) is 0.845. The minimum absolute atomic E-state index is 0.413. The molecule has 0 aliphatic rings. The van der Waals surface area contributed by atoms with Crippen molar-refractivity contribution in [2.45, 2.75) is 39.4 Å². The highest BCUT2D eigenvalue weighted by molar-refractivity contribution is 5.22. The number of hydrogen-bond donors (Lipinski definition) is 1. The lowest BCUT2D eigenvalue weighted by molar-refractivity contribution is 0.451. The molecule has 2 aromatic rings. The van der Waals surface area contributed by atoms with Gasteiger partial charge in [0.25, 0.3) is 0 Å². The predicted molar refractivity (Wildman–Crippen MR) is 74.3 cm³/mol. The maximum absolute atomic E-state index is 4.21. The second kappa shape index (κ2) is 6.36. The molecular weight excluding hydrogens is 222 g/mol. The summed E-state index contributed by atoms with van der Waals surface area (Å²) in [6.45, 7) is 6.17. The third kappa shape index (κ3) is 3.70. The van der Waals surface area contributed by atoms with Gasteiger partial charge in [0.15, 0.2) is 0 Å². The average Bonchev–Trinajstić information content (AvgIpc) is 2.90. The van der Waals surface area contributed by atoms with E-state index in [1.165, 1.54) is 11.1 Å². The summed E-state index contributed by atoms with van der Waals surface area (Å²) in [6.07, 6.45) is 4.91. The number of rotatable bonds is 6. The summed E-state index contributed by atoms with van der Waals surface area (Å²) in [7, 11) is 0. The summed E-state index contributed by atoms with van der Waals surface area (Å²) in [5, 5.41) is 7.72. The molecule has 0 aliphatic heterocycles. The maximum Gasteiger partial charge on any atom is 0.0560 e. The summed E-state index contributed by atoms with van der Waals surface area (Å²) >= 11 is 0. The minimum atomic E-state index is 0.413. The summed E-state index contributed by atoms with van der Waals surface area (Å²) in [6, 6.07) is 11.2. The number of aromatic nitrogens is 2. The summed E-state index contributed by atoms with van der Waals surface area (Å²) in [5.74, 6) is 0. The average molecular weight is 243 g/mol. The van der Waals surface area contributed by atoms with Crippen molar-refractivity contribution in [3.05, 3.63) is 53.9 Å². The molecule has 18 heavy (non-hydrogen) atoms. The Hall–Kier alpha value is -1.61. The van der Waals surface area contributed by atoms with E-state index in [4.69, 9.17) is 0 Å². The normalized spacial score (nSPS) is 12.6. The number of nitrogens with one attached hydrogen (secondary N) is 1. The van der Waals surface area contributed by atoms with Crippen molar-refractivity contribution in [2.75, 3.05) is 0 Å². The lowest BCUT2D eigenvalue weighted by atomic mass is 10.1. The van der Waals surface area contributed by atoms with E-state index < -0.39 is 0 Å². The first-order valence-corrected chi connectivity index (χ1v) is 6.56. The van der Waals surface area contributed by atoms with Gasteiger partial charge in [-0.1, -0.05) is 31.2 Å². The zero-order valence-corrected chi connectivity index (χ0v) is 11.1. The van der Waals surface area contributed by atoms with Gasteiger partial charge in [0, 0.05) is 25.0 Å². The van der Waals surface area contributed by atoms with Crippen molar-refractivity contribution in [1.82, 2.24) is 15.1 Å². The molecular formula is C15H21N3. The van der Waals surface area contributed by atoms with Gasteiger partial charge in [-0.15, -0.1) is 0 Å². The molecule has 1 unspecified atom stereocenters. The van der Waals surface area contributed by atoms with Crippen LogP contribution in [0.3, 0.4) is 0 Å². The van der Waals surface area contributed by atoms with E-state index in [9.17, 15) is 0 Å². The van der Waals surface area contributed by atoms with Gasteiger partial charge in [0.2, 0.25) is 0 Å². The van der Waals surface area contributed by atoms with E-state index in [2.05, 4.69) is 48.5 Å². The fraction of sp³-hybridized carbons (Fsp3) is 0.400. The Morgan fingerprint density at radius 3 is 2.56 bits per heavy atom. The largest absolute Gasteiger partial charge is 0.308 e. The number of benzene rings is 1. The molecule has 96 valence electrons. The lowest BCUT2D eigenvalue weighted by Gasteiger charge is -2.14. The van der Waals surface area contributed by atoms with E-state index in [0.717, 1.165) is 19.5 Å². The van der Waals surface area contributed by atoms with E-state index in [1.807, 2.05) is 23.1 Å². The van der Waals surface area contributed by atoms with Crippen molar-refractivity contribution in [2.24, 2.45) is 0 Å². The molecule has 0 bridgehead atoms. The second-order valence-electron chi connectivity index (χ2n) is 4.68. The van der Waals surface area contributed by atoms with E-state index >= 15 is 0 Å².